The fraction of sp³-hybridized carbons (Fsp3) is 0.529. The molecular weight excluding hydrogens is 347 g/mol. The molecule has 0 aliphatic carbocycles. The molecule has 0 amide bonds. The van der Waals surface area contributed by atoms with Crippen molar-refractivity contribution in [3.63, 3.8) is 0 Å². The minimum atomic E-state index is -0.116. The van der Waals surface area contributed by atoms with E-state index in [1.807, 2.05) is 6.07 Å². The number of nitrogens with zero attached hydrogens (tertiary/aromatic N) is 2. The summed E-state index contributed by atoms with van der Waals surface area (Å²) < 4.78 is 0. The second kappa shape index (κ2) is 8.81. The number of aromatic nitrogens is 2. The van der Waals surface area contributed by atoms with Gasteiger partial charge in [-0.15, -0.1) is 12.4 Å². The molecule has 2 N–H and O–H groups in total. The normalized spacial score (nSPS) is 15.6. The average molecular weight is 371 g/mol. The summed E-state index contributed by atoms with van der Waals surface area (Å²) in [5, 5.41) is 4.50. The average Bonchev–Trinajstić information content (AvgIpc) is 2.56. The largest absolute Gasteiger partial charge is 0.317 e. The molecule has 0 atom stereocenters. The van der Waals surface area contributed by atoms with Crippen molar-refractivity contribution in [3.8, 4) is 0 Å². The van der Waals surface area contributed by atoms with Crippen molar-refractivity contribution in [2.45, 2.75) is 38.8 Å². The van der Waals surface area contributed by atoms with E-state index in [0.717, 1.165) is 44.7 Å². The molecule has 0 unspecified atom stereocenters. The third-order valence-corrected chi connectivity index (χ3v) is 4.64. The first-order valence-electron chi connectivity index (χ1n) is 8.30. The zero-order chi connectivity index (χ0) is 16.2. The highest BCUT2D eigenvalue weighted by atomic mass is 35.5. The van der Waals surface area contributed by atoms with Gasteiger partial charge in [0.1, 0.15) is 5.82 Å². The summed E-state index contributed by atoms with van der Waals surface area (Å²) in [4.78, 5) is 22.3. The third kappa shape index (κ3) is 4.48. The molecule has 132 valence electrons. The van der Waals surface area contributed by atoms with Crippen LogP contribution in [0.5, 0.6) is 0 Å². The lowest BCUT2D eigenvalue weighted by atomic mass is 10.0. The molecule has 0 radical (unpaired) electrons. The van der Waals surface area contributed by atoms with E-state index < -0.39 is 0 Å². The number of hydrogen-bond donors (Lipinski definition) is 2. The number of H-pyrrole nitrogens is 1. The molecule has 1 aliphatic heterocycles. The van der Waals surface area contributed by atoms with Crippen molar-refractivity contribution in [2.75, 3.05) is 19.6 Å². The predicted molar refractivity (Wildman–Crippen MR) is 101 cm³/mol. The number of nitrogens with one attached hydrogen (secondary N) is 2. The molecule has 5 nitrogen and oxygen atoms in total. The lowest BCUT2D eigenvalue weighted by Crippen LogP contribution is -2.43. The van der Waals surface area contributed by atoms with Crippen molar-refractivity contribution in [1.82, 2.24) is 20.2 Å². The summed E-state index contributed by atoms with van der Waals surface area (Å²) in [6.07, 6.45) is 3.39. The van der Waals surface area contributed by atoms with Crippen molar-refractivity contribution < 1.29 is 0 Å². The van der Waals surface area contributed by atoms with E-state index in [1.54, 1.807) is 12.1 Å². The Balaban J connectivity index is 0.00000208. The molecule has 7 heteroatoms. The number of aromatic amines is 1. The standard InChI is InChI=1S/C17H23ClN4O.ClH/c1-2-9-22(13-5-7-19-8-6-13)11-16-20-15-4-3-12(18)10-14(15)17(23)21-16;/h3-4,10,13,19H,2,5-9,11H2,1H3,(H,20,21,23);1H. The van der Waals surface area contributed by atoms with E-state index >= 15 is 0 Å². The van der Waals surface area contributed by atoms with Gasteiger partial charge in [0, 0.05) is 11.1 Å². The lowest BCUT2D eigenvalue weighted by molar-refractivity contribution is 0.150. The second-order valence-electron chi connectivity index (χ2n) is 6.13. The Kier molecular flexibility index (Phi) is 7.04. The van der Waals surface area contributed by atoms with E-state index in [9.17, 15) is 4.79 Å². The van der Waals surface area contributed by atoms with Gasteiger partial charge < -0.3 is 10.3 Å². The van der Waals surface area contributed by atoms with Crippen LogP contribution in [0.2, 0.25) is 5.02 Å². The SMILES string of the molecule is CCCN(Cc1nc2ccc(Cl)cc2c(=O)[nH]1)C1CCNCC1.Cl. The zero-order valence-corrected chi connectivity index (χ0v) is 15.4. The molecule has 1 aromatic carbocycles. The number of hydrogen-bond acceptors (Lipinski definition) is 4. The number of piperidine rings is 1. The molecule has 1 aromatic heterocycles. The highest BCUT2D eigenvalue weighted by molar-refractivity contribution is 6.31. The molecule has 2 aromatic rings. The van der Waals surface area contributed by atoms with Crippen LogP contribution in [0.4, 0.5) is 0 Å². The predicted octanol–water partition coefficient (Wildman–Crippen LogP) is 2.96. The maximum Gasteiger partial charge on any atom is 0.258 e. The van der Waals surface area contributed by atoms with Crippen LogP contribution >= 0.6 is 24.0 Å². The molecule has 2 heterocycles. The van der Waals surface area contributed by atoms with Gasteiger partial charge in [0.25, 0.3) is 5.56 Å². The van der Waals surface area contributed by atoms with Crippen LogP contribution < -0.4 is 10.9 Å². The van der Waals surface area contributed by atoms with E-state index in [2.05, 4.69) is 27.1 Å². The zero-order valence-electron chi connectivity index (χ0n) is 13.8. The van der Waals surface area contributed by atoms with Crippen molar-refractivity contribution >= 4 is 34.9 Å². The second-order valence-corrected chi connectivity index (χ2v) is 6.56. The first-order valence-corrected chi connectivity index (χ1v) is 8.68. The minimum absolute atomic E-state index is 0. The summed E-state index contributed by atoms with van der Waals surface area (Å²) >= 11 is 5.96. The molecule has 0 spiro atoms. The number of fused-ring (bicyclic) bond motifs is 1. The lowest BCUT2D eigenvalue weighted by Gasteiger charge is -2.34. The van der Waals surface area contributed by atoms with Crippen molar-refractivity contribution in [3.05, 3.63) is 39.4 Å². The van der Waals surface area contributed by atoms with Crippen LogP contribution in [0.1, 0.15) is 32.0 Å². The van der Waals surface area contributed by atoms with E-state index in [0.29, 0.717) is 28.5 Å². The maximum atomic E-state index is 12.3. The van der Waals surface area contributed by atoms with Gasteiger partial charge in [-0.3, -0.25) is 9.69 Å². The Morgan fingerprint density at radius 1 is 1.33 bits per heavy atom. The fourth-order valence-corrected chi connectivity index (χ4v) is 3.45. The summed E-state index contributed by atoms with van der Waals surface area (Å²) in [5.74, 6) is 0.733. The summed E-state index contributed by atoms with van der Waals surface area (Å²) in [5.41, 5.74) is 0.587. The summed E-state index contributed by atoms with van der Waals surface area (Å²) in [7, 11) is 0. The first-order chi connectivity index (χ1) is 11.2. The molecule has 3 rings (SSSR count). The van der Waals surface area contributed by atoms with Crippen molar-refractivity contribution in [2.24, 2.45) is 0 Å². The summed E-state index contributed by atoms with van der Waals surface area (Å²) in [6, 6.07) is 5.81. The molecule has 0 saturated carbocycles. The van der Waals surface area contributed by atoms with Crippen LogP contribution in [0.15, 0.2) is 23.0 Å². The van der Waals surface area contributed by atoms with Gasteiger partial charge in [-0.05, 0) is 57.1 Å². The Hall–Kier alpha value is -1.14. The minimum Gasteiger partial charge on any atom is -0.317 e. The van der Waals surface area contributed by atoms with Gasteiger partial charge in [0.05, 0.1) is 17.4 Å². The number of halogens is 2. The topological polar surface area (TPSA) is 61.0 Å². The monoisotopic (exact) mass is 370 g/mol. The third-order valence-electron chi connectivity index (χ3n) is 4.41. The maximum absolute atomic E-state index is 12.3. The van der Waals surface area contributed by atoms with Crippen LogP contribution in [0, 0.1) is 0 Å². The van der Waals surface area contributed by atoms with Gasteiger partial charge in [-0.1, -0.05) is 18.5 Å². The van der Waals surface area contributed by atoms with Crippen LogP contribution in [-0.4, -0.2) is 40.5 Å². The van der Waals surface area contributed by atoms with Gasteiger partial charge in [-0.25, -0.2) is 4.98 Å². The van der Waals surface area contributed by atoms with E-state index in [4.69, 9.17) is 11.6 Å². The quantitative estimate of drug-likeness (QED) is 0.849. The highest BCUT2D eigenvalue weighted by Crippen LogP contribution is 2.17. The molecule has 1 saturated heterocycles. The van der Waals surface area contributed by atoms with Gasteiger partial charge >= 0.3 is 0 Å². The van der Waals surface area contributed by atoms with Gasteiger partial charge in [0.2, 0.25) is 0 Å². The fourth-order valence-electron chi connectivity index (χ4n) is 3.28. The molecule has 24 heavy (non-hydrogen) atoms. The smallest absolute Gasteiger partial charge is 0.258 e. The molecule has 1 aliphatic rings. The number of benzene rings is 1. The Bertz CT molecular complexity index is 728. The number of rotatable bonds is 5. The molecule has 1 fully saturated rings. The van der Waals surface area contributed by atoms with E-state index in [1.165, 1.54) is 0 Å². The Morgan fingerprint density at radius 2 is 2.08 bits per heavy atom. The Morgan fingerprint density at radius 3 is 2.79 bits per heavy atom. The van der Waals surface area contributed by atoms with E-state index in [-0.39, 0.29) is 18.0 Å². The summed E-state index contributed by atoms with van der Waals surface area (Å²) in [6.45, 7) is 6.02. The highest BCUT2D eigenvalue weighted by Gasteiger charge is 2.21. The van der Waals surface area contributed by atoms with Crippen molar-refractivity contribution in [1.29, 1.82) is 0 Å². The van der Waals surface area contributed by atoms with Gasteiger partial charge in [0.15, 0.2) is 0 Å². The van der Waals surface area contributed by atoms with Crippen LogP contribution in [0.25, 0.3) is 10.9 Å². The van der Waals surface area contributed by atoms with Gasteiger partial charge in [-0.2, -0.15) is 0 Å². The van der Waals surface area contributed by atoms with Crippen LogP contribution in [0.3, 0.4) is 0 Å². The Labute approximate surface area is 153 Å². The first kappa shape index (κ1) is 19.2. The molecule has 0 bridgehead atoms. The van der Waals surface area contributed by atoms with Crippen LogP contribution in [-0.2, 0) is 6.54 Å². The molecular formula is C17H24Cl2N4O.